The molecule has 29 heavy (non-hydrogen) atoms. The lowest BCUT2D eigenvalue weighted by Gasteiger charge is -2.24. The Morgan fingerprint density at radius 1 is 1.31 bits per heavy atom. The molecule has 1 fully saturated rings. The van der Waals surface area contributed by atoms with Crippen LogP contribution < -0.4 is 10.1 Å². The number of aromatic nitrogens is 2. The van der Waals surface area contributed by atoms with Crippen LogP contribution in [0.3, 0.4) is 0 Å². The molecule has 0 spiro atoms. The number of thiazole rings is 1. The van der Waals surface area contributed by atoms with Gasteiger partial charge < -0.3 is 14.8 Å². The number of imidazole rings is 1. The molecule has 0 bridgehead atoms. The molecule has 2 heterocycles. The highest BCUT2D eigenvalue weighted by Gasteiger charge is 2.25. The maximum absolute atomic E-state index is 12.4. The van der Waals surface area contributed by atoms with Crippen molar-refractivity contribution >= 4 is 28.1 Å². The number of hydrogen-bond donors (Lipinski definition) is 1. The molecule has 0 unspecified atom stereocenters. The average Bonchev–Trinajstić information content (AvgIpc) is 3.26. The van der Waals surface area contributed by atoms with Crippen LogP contribution in [0.25, 0.3) is 16.2 Å². The molecule has 0 amide bonds. The van der Waals surface area contributed by atoms with Crippen molar-refractivity contribution in [3.05, 3.63) is 34.8 Å². The zero-order valence-corrected chi connectivity index (χ0v) is 18.0. The number of carbonyl (C=O) groups excluding carboxylic acids is 1. The van der Waals surface area contributed by atoms with Crippen LogP contribution in [-0.4, -0.2) is 35.1 Å². The normalized spacial score (nSPS) is 14.9. The molecule has 6 nitrogen and oxygen atoms in total. The average molecular weight is 414 g/mol. The van der Waals surface area contributed by atoms with Crippen molar-refractivity contribution in [1.82, 2.24) is 9.38 Å². The molecular weight excluding hydrogens is 386 g/mol. The highest BCUT2D eigenvalue weighted by molar-refractivity contribution is 7.19. The fraction of sp³-hybridized carbons (Fsp3) is 0.455. The third-order valence-electron chi connectivity index (χ3n) is 5.45. The Balaban J connectivity index is 1.83. The van der Waals surface area contributed by atoms with E-state index in [-0.39, 0.29) is 5.97 Å². The summed E-state index contributed by atoms with van der Waals surface area (Å²) in [5.74, 6) is 1.46. The molecule has 3 aromatic rings. The summed E-state index contributed by atoms with van der Waals surface area (Å²) in [6.45, 7) is 4.14. The number of rotatable bonds is 6. The van der Waals surface area contributed by atoms with E-state index >= 15 is 0 Å². The molecule has 0 aliphatic heterocycles. The van der Waals surface area contributed by atoms with E-state index in [1.54, 1.807) is 7.11 Å². The predicted molar refractivity (Wildman–Crippen MR) is 116 cm³/mol. The summed E-state index contributed by atoms with van der Waals surface area (Å²) in [6.07, 6.45) is 6.08. The molecule has 1 aliphatic rings. The summed E-state index contributed by atoms with van der Waals surface area (Å²) in [6, 6.07) is 8.37. The first kappa shape index (κ1) is 19.8. The number of aryl methyl sites for hydroxylation is 1. The zero-order chi connectivity index (χ0) is 20.4. The van der Waals surface area contributed by atoms with Crippen molar-refractivity contribution in [2.75, 3.05) is 19.0 Å². The molecular formula is C22H27N3O3S. The minimum absolute atomic E-state index is 0.285. The fourth-order valence-corrected chi connectivity index (χ4v) is 5.00. The minimum atomic E-state index is -0.285. The molecule has 4 rings (SSSR count). The quantitative estimate of drug-likeness (QED) is 0.556. The van der Waals surface area contributed by atoms with Gasteiger partial charge in [0.05, 0.1) is 13.7 Å². The standard InChI is InChI=1S/C22H27N3O3S/c1-4-28-21(26)19-14(2)25-20(23-16-10-6-5-7-11-16)18(24-22(25)29-19)15-9-8-12-17(13-15)27-3/h8-9,12-13,16,23H,4-7,10-11H2,1-3H3. The van der Waals surface area contributed by atoms with Crippen molar-refractivity contribution in [3.63, 3.8) is 0 Å². The van der Waals surface area contributed by atoms with Crippen molar-refractivity contribution in [1.29, 1.82) is 0 Å². The van der Waals surface area contributed by atoms with E-state index in [2.05, 4.69) is 9.72 Å². The van der Waals surface area contributed by atoms with Crippen molar-refractivity contribution < 1.29 is 14.3 Å². The van der Waals surface area contributed by atoms with Crippen LogP contribution in [0.5, 0.6) is 5.75 Å². The number of ether oxygens (including phenoxy) is 2. The van der Waals surface area contributed by atoms with Crippen LogP contribution in [-0.2, 0) is 4.74 Å². The van der Waals surface area contributed by atoms with Gasteiger partial charge in [-0.15, -0.1) is 0 Å². The molecule has 0 radical (unpaired) electrons. The highest BCUT2D eigenvalue weighted by atomic mass is 32.1. The highest BCUT2D eigenvalue weighted by Crippen LogP contribution is 2.37. The lowest BCUT2D eigenvalue weighted by molar-refractivity contribution is 0.0531. The van der Waals surface area contributed by atoms with Gasteiger partial charge in [0, 0.05) is 17.3 Å². The van der Waals surface area contributed by atoms with Crippen molar-refractivity contribution in [3.8, 4) is 17.0 Å². The number of methoxy groups -OCH3 is 1. The SMILES string of the molecule is CCOC(=O)c1sc2nc(-c3cccc(OC)c3)c(NC3CCCCC3)n2c1C. The monoisotopic (exact) mass is 413 g/mol. The summed E-state index contributed by atoms with van der Waals surface area (Å²) in [4.78, 5) is 18.7. The maximum atomic E-state index is 12.4. The fourth-order valence-electron chi connectivity index (χ4n) is 3.98. The Morgan fingerprint density at radius 2 is 2.10 bits per heavy atom. The summed E-state index contributed by atoms with van der Waals surface area (Å²) in [5.41, 5.74) is 2.75. The Labute approximate surface area is 174 Å². The van der Waals surface area contributed by atoms with Gasteiger partial charge in [0.15, 0.2) is 4.96 Å². The first-order valence-corrected chi connectivity index (χ1v) is 11.0. The molecule has 1 aromatic carbocycles. The Morgan fingerprint density at radius 3 is 2.83 bits per heavy atom. The maximum Gasteiger partial charge on any atom is 0.350 e. The van der Waals surface area contributed by atoms with Gasteiger partial charge in [0.2, 0.25) is 0 Å². The number of fused-ring (bicyclic) bond motifs is 1. The summed E-state index contributed by atoms with van der Waals surface area (Å²) >= 11 is 1.38. The first-order valence-electron chi connectivity index (χ1n) is 10.2. The van der Waals surface area contributed by atoms with E-state index in [4.69, 9.17) is 14.5 Å². The smallest absolute Gasteiger partial charge is 0.350 e. The summed E-state index contributed by atoms with van der Waals surface area (Å²) < 4.78 is 12.7. The molecule has 0 saturated heterocycles. The lowest BCUT2D eigenvalue weighted by atomic mass is 9.95. The Hall–Kier alpha value is -2.54. The third kappa shape index (κ3) is 3.83. The van der Waals surface area contributed by atoms with Gasteiger partial charge in [-0.2, -0.15) is 0 Å². The predicted octanol–water partition coefficient (Wildman–Crippen LogP) is 5.30. The van der Waals surface area contributed by atoms with Gasteiger partial charge in [-0.3, -0.25) is 4.40 Å². The lowest BCUT2D eigenvalue weighted by Crippen LogP contribution is -2.23. The van der Waals surface area contributed by atoms with Gasteiger partial charge in [0.25, 0.3) is 0 Å². The molecule has 154 valence electrons. The van der Waals surface area contributed by atoms with Crippen LogP contribution in [0.4, 0.5) is 5.82 Å². The largest absolute Gasteiger partial charge is 0.497 e. The van der Waals surface area contributed by atoms with Gasteiger partial charge in [-0.05, 0) is 38.8 Å². The number of carbonyl (C=O) groups is 1. The molecule has 2 aromatic heterocycles. The second-order valence-corrected chi connectivity index (χ2v) is 8.35. The van der Waals surface area contributed by atoms with Crippen LogP contribution in [0.15, 0.2) is 24.3 Å². The van der Waals surface area contributed by atoms with E-state index in [1.807, 2.05) is 38.1 Å². The molecule has 1 saturated carbocycles. The van der Waals surface area contributed by atoms with Gasteiger partial charge in [-0.1, -0.05) is 42.7 Å². The van der Waals surface area contributed by atoms with Crippen LogP contribution in [0.1, 0.15) is 54.4 Å². The summed E-state index contributed by atoms with van der Waals surface area (Å²) in [5, 5.41) is 3.75. The second-order valence-electron chi connectivity index (χ2n) is 7.38. The van der Waals surface area contributed by atoms with Crippen molar-refractivity contribution in [2.45, 2.75) is 52.0 Å². The number of nitrogens with one attached hydrogen (secondary N) is 1. The van der Waals surface area contributed by atoms with Gasteiger partial charge in [0.1, 0.15) is 22.1 Å². The van der Waals surface area contributed by atoms with Crippen LogP contribution in [0, 0.1) is 6.92 Å². The zero-order valence-electron chi connectivity index (χ0n) is 17.2. The molecule has 7 heteroatoms. The Bertz CT molecular complexity index is 1020. The van der Waals surface area contributed by atoms with Crippen LogP contribution >= 0.6 is 11.3 Å². The minimum Gasteiger partial charge on any atom is -0.497 e. The number of anilines is 1. The van der Waals surface area contributed by atoms with Crippen molar-refractivity contribution in [2.24, 2.45) is 0 Å². The first-order chi connectivity index (χ1) is 14.1. The second kappa shape index (κ2) is 8.45. The van der Waals surface area contributed by atoms with Gasteiger partial charge in [-0.25, -0.2) is 9.78 Å². The topological polar surface area (TPSA) is 64.9 Å². The summed E-state index contributed by atoms with van der Waals surface area (Å²) in [7, 11) is 1.67. The van der Waals surface area contributed by atoms with E-state index in [9.17, 15) is 4.79 Å². The number of hydrogen-bond acceptors (Lipinski definition) is 6. The number of benzene rings is 1. The molecule has 0 atom stereocenters. The van der Waals surface area contributed by atoms with E-state index < -0.39 is 0 Å². The molecule has 1 aliphatic carbocycles. The van der Waals surface area contributed by atoms with Gasteiger partial charge >= 0.3 is 5.97 Å². The number of nitrogens with zero attached hydrogens (tertiary/aromatic N) is 2. The van der Waals surface area contributed by atoms with E-state index in [1.165, 1.54) is 30.6 Å². The van der Waals surface area contributed by atoms with Crippen LogP contribution in [0.2, 0.25) is 0 Å². The van der Waals surface area contributed by atoms with E-state index in [0.717, 1.165) is 46.3 Å². The van der Waals surface area contributed by atoms with E-state index in [0.29, 0.717) is 17.5 Å². The Kier molecular flexibility index (Phi) is 5.76. The molecule has 1 N–H and O–H groups in total. The number of esters is 1. The third-order valence-corrected chi connectivity index (χ3v) is 6.58.